The van der Waals surface area contributed by atoms with Gasteiger partial charge in [0.15, 0.2) is 8.32 Å². The van der Waals surface area contributed by atoms with Crippen LogP contribution in [0.5, 0.6) is 0 Å². The molecule has 0 bridgehead atoms. The first-order valence-corrected chi connectivity index (χ1v) is 17.8. The predicted octanol–water partition coefficient (Wildman–Crippen LogP) is 9.14. The minimum Gasteiger partial charge on any atom is -0.465 e. The first-order chi connectivity index (χ1) is 20.2. The van der Waals surface area contributed by atoms with E-state index in [2.05, 4.69) is 44.0 Å². The fraction of sp³-hybridized carbons (Fsp3) is 0.387. The molecule has 2 aromatic heterocycles. The van der Waals surface area contributed by atoms with E-state index >= 15 is 0 Å². The molecule has 0 radical (unpaired) electrons. The van der Waals surface area contributed by atoms with Crippen LogP contribution in [0.25, 0.3) is 33.3 Å². The molecule has 2 heterocycles. The van der Waals surface area contributed by atoms with Crippen molar-refractivity contribution >= 4 is 25.7 Å². The standard InChI is InChI=1S/C31H34F3N3O4SSi/c1-30(2,3)43(4,5)40-17-16-37(29(38)39)24-15-14-20-21(24)12-9-13-22(20)27-35-28(41-36-27)25-18-23(19-10-7-6-8-11-19)26(42-25)31(32,33)34/h6-13,18,24H,14-17H2,1-5H3,(H,38,39). The Bertz CT molecular complexity index is 1610. The second-order valence-electron chi connectivity index (χ2n) is 12.2. The molecule has 43 heavy (non-hydrogen) atoms. The molecule has 0 fully saturated rings. The molecule has 0 saturated carbocycles. The molecule has 1 aliphatic carbocycles. The molecule has 0 saturated heterocycles. The highest BCUT2D eigenvalue weighted by Gasteiger charge is 2.39. The van der Waals surface area contributed by atoms with Gasteiger partial charge in [0.05, 0.1) is 17.5 Å². The maximum Gasteiger partial charge on any atom is 0.426 e. The van der Waals surface area contributed by atoms with Gasteiger partial charge in [0.2, 0.25) is 5.82 Å². The van der Waals surface area contributed by atoms with Crippen LogP contribution >= 0.6 is 11.3 Å². The molecule has 1 N–H and O–H groups in total. The Hall–Kier alpha value is -3.48. The molecule has 4 aromatic rings. The number of amides is 1. The fourth-order valence-electron chi connectivity index (χ4n) is 5.14. The minimum absolute atomic E-state index is 0.00484. The summed E-state index contributed by atoms with van der Waals surface area (Å²) >= 11 is 0.564. The zero-order chi connectivity index (χ0) is 31.2. The van der Waals surface area contributed by atoms with E-state index < -0.39 is 25.5 Å². The van der Waals surface area contributed by atoms with Crippen LogP contribution in [-0.2, 0) is 17.0 Å². The summed E-state index contributed by atoms with van der Waals surface area (Å²) in [5.41, 5.74) is 2.95. The average molecular weight is 630 g/mol. The van der Waals surface area contributed by atoms with E-state index in [-0.39, 0.29) is 39.8 Å². The highest BCUT2D eigenvalue weighted by Crippen LogP contribution is 2.46. The number of nitrogens with zero attached hydrogens (tertiary/aromatic N) is 3. The maximum atomic E-state index is 13.9. The van der Waals surface area contributed by atoms with E-state index in [4.69, 9.17) is 8.95 Å². The number of hydrogen-bond donors (Lipinski definition) is 1. The van der Waals surface area contributed by atoms with Gasteiger partial charge in [-0.2, -0.15) is 18.2 Å². The predicted molar refractivity (Wildman–Crippen MR) is 162 cm³/mol. The molecular formula is C31H34F3N3O4SSi. The molecule has 12 heteroatoms. The van der Waals surface area contributed by atoms with Crippen molar-refractivity contribution in [3.05, 3.63) is 70.6 Å². The third-order valence-corrected chi connectivity index (χ3v) is 14.1. The number of aromatic nitrogens is 2. The SMILES string of the molecule is CC(C)(C)[Si](C)(C)OCCN(C(=O)O)C1CCc2c(-c3noc(-c4cc(-c5ccccc5)c(C(F)(F)F)s4)n3)cccc21. The lowest BCUT2D eigenvalue weighted by molar-refractivity contribution is -0.133. The van der Waals surface area contributed by atoms with Gasteiger partial charge >= 0.3 is 12.3 Å². The van der Waals surface area contributed by atoms with Gasteiger partial charge in [-0.3, -0.25) is 4.90 Å². The Morgan fingerprint density at radius 3 is 2.49 bits per heavy atom. The maximum absolute atomic E-state index is 13.9. The van der Waals surface area contributed by atoms with Crippen LogP contribution in [0.2, 0.25) is 18.1 Å². The van der Waals surface area contributed by atoms with E-state index in [0.717, 1.165) is 11.1 Å². The molecule has 1 aliphatic rings. The number of fused-ring (bicyclic) bond motifs is 1. The van der Waals surface area contributed by atoms with Crippen molar-refractivity contribution in [3.8, 4) is 33.3 Å². The third-order valence-electron chi connectivity index (χ3n) is 8.41. The van der Waals surface area contributed by atoms with Crippen molar-refractivity contribution in [3.63, 3.8) is 0 Å². The van der Waals surface area contributed by atoms with Gasteiger partial charge in [-0.25, -0.2) is 4.79 Å². The summed E-state index contributed by atoms with van der Waals surface area (Å²) in [6, 6.07) is 15.0. The Morgan fingerprint density at radius 1 is 1.12 bits per heavy atom. The summed E-state index contributed by atoms with van der Waals surface area (Å²) in [7, 11) is -2.04. The number of hydrogen-bond acceptors (Lipinski definition) is 6. The van der Waals surface area contributed by atoms with E-state index in [0.29, 0.717) is 41.9 Å². The van der Waals surface area contributed by atoms with Crippen LogP contribution in [0.1, 0.15) is 49.2 Å². The summed E-state index contributed by atoms with van der Waals surface area (Å²) in [4.78, 5) is 17.7. The zero-order valence-electron chi connectivity index (χ0n) is 24.7. The largest absolute Gasteiger partial charge is 0.465 e. The fourth-order valence-corrected chi connectivity index (χ4v) is 7.14. The average Bonchev–Trinajstić information content (AvgIpc) is 3.69. The molecule has 0 spiro atoms. The van der Waals surface area contributed by atoms with Crippen LogP contribution in [0.4, 0.5) is 18.0 Å². The molecule has 0 aliphatic heterocycles. The van der Waals surface area contributed by atoms with Crippen LogP contribution in [-0.4, -0.2) is 47.7 Å². The summed E-state index contributed by atoms with van der Waals surface area (Å²) in [6.45, 7) is 11.3. The first-order valence-electron chi connectivity index (χ1n) is 14.0. The lowest BCUT2D eigenvalue weighted by Gasteiger charge is -2.37. The lowest BCUT2D eigenvalue weighted by Crippen LogP contribution is -2.43. The molecule has 1 atom stereocenters. The Balaban J connectivity index is 1.41. The minimum atomic E-state index is -4.54. The number of carbonyl (C=O) groups is 1. The Morgan fingerprint density at radius 2 is 1.84 bits per heavy atom. The number of thiophene rings is 1. The normalized spacial score (nSPS) is 15.5. The molecule has 5 rings (SSSR count). The summed E-state index contributed by atoms with van der Waals surface area (Å²) in [5, 5.41) is 14.2. The molecule has 7 nitrogen and oxygen atoms in total. The first kappa shape index (κ1) is 31.0. The van der Waals surface area contributed by atoms with Crippen molar-refractivity contribution in [1.29, 1.82) is 0 Å². The number of halogens is 3. The van der Waals surface area contributed by atoms with Crippen molar-refractivity contribution in [1.82, 2.24) is 15.0 Å². The third kappa shape index (κ3) is 6.27. The van der Waals surface area contributed by atoms with E-state index in [1.807, 2.05) is 18.2 Å². The molecule has 1 amide bonds. The van der Waals surface area contributed by atoms with Gasteiger partial charge < -0.3 is 14.1 Å². The molecule has 228 valence electrons. The molecular weight excluding hydrogens is 596 g/mol. The monoisotopic (exact) mass is 629 g/mol. The summed E-state index contributed by atoms with van der Waals surface area (Å²) in [5.74, 6) is 0.244. The zero-order valence-corrected chi connectivity index (χ0v) is 26.5. The second-order valence-corrected chi connectivity index (χ2v) is 18.0. The van der Waals surface area contributed by atoms with Crippen molar-refractivity contribution in [2.24, 2.45) is 0 Å². The van der Waals surface area contributed by atoms with E-state index in [1.165, 1.54) is 11.0 Å². The van der Waals surface area contributed by atoms with Gasteiger partial charge in [-0.1, -0.05) is 74.5 Å². The van der Waals surface area contributed by atoms with Crippen molar-refractivity contribution < 1.29 is 32.0 Å². The number of alkyl halides is 3. The van der Waals surface area contributed by atoms with Gasteiger partial charge in [-0.15, -0.1) is 11.3 Å². The quantitative estimate of drug-likeness (QED) is 0.196. The van der Waals surface area contributed by atoms with Crippen molar-refractivity contribution in [2.75, 3.05) is 13.2 Å². The van der Waals surface area contributed by atoms with Gasteiger partial charge in [-0.05, 0) is 53.7 Å². The number of rotatable bonds is 8. The molecule has 2 aromatic carbocycles. The highest BCUT2D eigenvalue weighted by molar-refractivity contribution is 7.16. The van der Waals surface area contributed by atoms with Crippen molar-refractivity contribution in [2.45, 2.75) is 64.0 Å². The summed E-state index contributed by atoms with van der Waals surface area (Å²) < 4.78 is 53.5. The molecule has 1 unspecified atom stereocenters. The van der Waals surface area contributed by atoms with E-state index in [9.17, 15) is 23.1 Å². The lowest BCUT2D eigenvalue weighted by atomic mass is 10.0. The van der Waals surface area contributed by atoms with E-state index in [1.54, 1.807) is 30.3 Å². The van der Waals surface area contributed by atoms with Gasteiger partial charge in [0.25, 0.3) is 5.89 Å². The Labute approximate surface area is 253 Å². The number of carboxylic acid groups (broad SMARTS) is 1. The second kappa shape index (κ2) is 11.5. The summed E-state index contributed by atoms with van der Waals surface area (Å²) in [6.07, 6.45) is -4.37. The van der Waals surface area contributed by atoms with Gasteiger partial charge in [0.1, 0.15) is 4.88 Å². The van der Waals surface area contributed by atoms with Crippen LogP contribution in [0, 0.1) is 0 Å². The van der Waals surface area contributed by atoms with Gasteiger partial charge in [0, 0.05) is 17.7 Å². The number of benzene rings is 2. The van der Waals surface area contributed by atoms with Crippen LogP contribution in [0.15, 0.2) is 59.1 Å². The van der Waals surface area contributed by atoms with Crippen LogP contribution < -0.4 is 0 Å². The smallest absolute Gasteiger partial charge is 0.426 e. The Kier molecular flexibility index (Phi) is 8.31. The van der Waals surface area contributed by atoms with Crippen LogP contribution in [0.3, 0.4) is 0 Å². The topological polar surface area (TPSA) is 88.7 Å². The highest BCUT2D eigenvalue weighted by atomic mass is 32.1.